The van der Waals surface area contributed by atoms with Gasteiger partial charge in [-0.25, -0.2) is 15.0 Å². The number of ether oxygens (including phenoxy) is 1. The summed E-state index contributed by atoms with van der Waals surface area (Å²) in [6.45, 7) is 2.39. The smallest absolute Gasteiger partial charge is 0.387 e. The van der Waals surface area contributed by atoms with Crippen LogP contribution in [0.25, 0.3) is 10.2 Å². The second-order valence-corrected chi connectivity index (χ2v) is 7.21. The number of rotatable bonds is 4. The predicted molar refractivity (Wildman–Crippen MR) is 97.4 cm³/mol. The molecule has 4 rings (SSSR count). The minimum absolute atomic E-state index is 0.0681. The Balaban J connectivity index is 1.45. The van der Waals surface area contributed by atoms with Crippen LogP contribution in [0.5, 0.6) is 5.75 Å². The Morgan fingerprint density at radius 3 is 2.54 bits per heavy atom. The fraction of sp³-hybridized carbons (Fsp3) is 0.353. The Kier molecular flexibility index (Phi) is 4.54. The molecule has 0 saturated carbocycles. The van der Waals surface area contributed by atoms with Gasteiger partial charge in [-0.15, -0.1) is 11.3 Å². The van der Waals surface area contributed by atoms with Crippen LogP contribution in [0.4, 0.5) is 20.4 Å². The maximum absolute atomic E-state index is 12.2. The highest BCUT2D eigenvalue weighted by Crippen LogP contribution is 2.30. The molecule has 6 nitrogen and oxygen atoms in total. The van der Waals surface area contributed by atoms with Gasteiger partial charge in [0.05, 0.1) is 11.6 Å². The number of piperazine rings is 1. The fourth-order valence-corrected chi connectivity index (χ4v) is 3.94. The van der Waals surface area contributed by atoms with Crippen molar-refractivity contribution in [1.82, 2.24) is 15.0 Å². The minimum atomic E-state index is -2.84. The number of aromatic nitrogens is 3. The quantitative estimate of drug-likeness (QED) is 0.695. The summed E-state index contributed by atoms with van der Waals surface area (Å²) in [5.41, 5.74) is 0. The van der Waals surface area contributed by atoms with Gasteiger partial charge in [-0.3, -0.25) is 0 Å². The van der Waals surface area contributed by atoms with Gasteiger partial charge < -0.3 is 14.5 Å². The van der Waals surface area contributed by atoms with Crippen molar-refractivity contribution in [2.75, 3.05) is 36.0 Å². The SMILES string of the molecule is Cc1cc2c(N3CCN(c4ccc(OC(F)F)cn4)CC3)ncnc2s1. The lowest BCUT2D eigenvalue weighted by Gasteiger charge is -2.36. The zero-order valence-corrected chi connectivity index (χ0v) is 14.9. The van der Waals surface area contributed by atoms with Crippen molar-refractivity contribution < 1.29 is 13.5 Å². The van der Waals surface area contributed by atoms with E-state index in [2.05, 4.69) is 42.5 Å². The van der Waals surface area contributed by atoms with E-state index in [0.717, 1.165) is 48.0 Å². The third-order valence-electron chi connectivity index (χ3n) is 4.28. The number of hydrogen-bond donors (Lipinski definition) is 0. The van der Waals surface area contributed by atoms with Crippen molar-refractivity contribution in [1.29, 1.82) is 0 Å². The summed E-state index contributed by atoms with van der Waals surface area (Å²) in [7, 11) is 0. The van der Waals surface area contributed by atoms with Crippen LogP contribution in [0.3, 0.4) is 0 Å². The van der Waals surface area contributed by atoms with E-state index in [0.29, 0.717) is 0 Å². The van der Waals surface area contributed by atoms with Gasteiger partial charge in [-0.1, -0.05) is 0 Å². The van der Waals surface area contributed by atoms with Crippen molar-refractivity contribution in [3.8, 4) is 5.75 Å². The molecule has 4 heterocycles. The van der Waals surface area contributed by atoms with E-state index >= 15 is 0 Å². The summed E-state index contributed by atoms with van der Waals surface area (Å²) in [4.78, 5) is 19.7. The third-order valence-corrected chi connectivity index (χ3v) is 5.24. The zero-order valence-electron chi connectivity index (χ0n) is 14.1. The van der Waals surface area contributed by atoms with Gasteiger partial charge in [0.2, 0.25) is 0 Å². The first-order valence-corrected chi connectivity index (χ1v) is 9.04. The minimum Gasteiger partial charge on any atom is -0.433 e. The highest BCUT2D eigenvalue weighted by Gasteiger charge is 2.21. The molecule has 0 amide bonds. The summed E-state index contributed by atoms with van der Waals surface area (Å²) in [5, 5.41) is 1.09. The first-order valence-electron chi connectivity index (χ1n) is 8.22. The lowest BCUT2D eigenvalue weighted by Crippen LogP contribution is -2.47. The molecule has 0 spiro atoms. The second-order valence-electron chi connectivity index (χ2n) is 5.98. The van der Waals surface area contributed by atoms with E-state index in [9.17, 15) is 8.78 Å². The molecule has 0 radical (unpaired) electrons. The average Bonchev–Trinajstić information content (AvgIpc) is 3.02. The van der Waals surface area contributed by atoms with E-state index in [4.69, 9.17) is 0 Å². The second kappa shape index (κ2) is 6.99. The highest BCUT2D eigenvalue weighted by atomic mass is 32.1. The molecule has 0 N–H and O–H groups in total. The largest absolute Gasteiger partial charge is 0.433 e. The van der Waals surface area contributed by atoms with Gasteiger partial charge in [0, 0.05) is 31.1 Å². The van der Waals surface area contributed by atoms with Crippen LogP contribution < -0.4 is 14.5 Å². The number of halogens is 2. The molecule has 3 aromatic heterocycles. The number of alkyl halides is 2. The average molecular weight is 377 g/mol. The van der Waals surface area contributed by atoms with Crippen molar-refractivity contribution in [3.05, 3.63) is 35.6 Å². The van der Waals surface area contributed by atoms with Gasteiger partial charge in [0.1, 0.15) is 28.5 Å². The van der Waals surface area contributed by atoms with Crippen LogP contribution in [0.2, 0.25) is 0 Å². The van der Waals surface area contributed by atoms with E-state index < -0.39 is 6.61 Å². The lowest BCUT2D eigenvalue weighted by molar-refractivity contribution is -0.0500. The molecular weight excluding hydrogens is 360 g/mol. The molecule has 136 valence electrons. The maximum Gasteiger partial charge on any atom is 0.387 e. The van der Waals surface area contributed by atoms with Gasteiger partial charge in [0.25, 0.3) is 0 Å². The fourth-order valence-electron chi connectivity index (χ4n) is 3.10. The van der Waals surface area contributed by atoms with Gasteiger partial charge >= 0.3 is 6.61 Å². The molecular formula is C17H17F2N5OS. The highest BCUT2D eigenvalue weighted by molar-refractivity contribution is 7.18. The summed E-state index contributed by atoms with van der Waals surface area (Å²) in [6, 6.07) is 5.35. The molecule has 9 heteroatoms. The van der Waals surface area contributed by atoms with E-state index in [1.165, 1.54) is 17.1 Å². The predicted octanol–water partition coefficient (Wildman–Crippen LogP) is 3.32. The van der Waals surface area contributed by atoms with Crippen molar-refractivity contribution in [2.24, 2.45) is 0 Å². The zero-order chi connectivity index (χ0) is 18.1. The Hall–Kier alpha value is -2.55. The van der Waals surface area contributed by atoms with Crippen LogP contribution in [0.15, 0.2) is 30.7 Å². The number of anilines is 2. The molecule has 0 aliphatic carbocycles. The molecule has 26 heavy (non-hydrogen) atoms. The van der Waals surface area contributed by atoms with E-state index in [1.54, 1.807) is 23.7 Å². The first kappa shape index (κ1) is 16.9. The first-order chi connectivity index (χ1) is 12.6. The van der Waals surface area contributed by atoms with Gasteiger partial charge in [-0.2, -0.15) is 8.78 Å². The molecule has 0 aromatic carbocycles. The Morgan fingerprint density at radius 1 is 1.08 bits per heavy atom. The van der Waals surface area contributed by atoms with Crippen molar-refractivity contribution in [3.63, 3.8) is 0 Å². The third kappa shape index (κ3) is 3.39. The van der Waals surface area contributed by atoms with Crippen LogP contribution in [0, 0.1) is 6.92 Å². The molecule has 0 bridgehead atoms. The molecule has 1 fully saturated rings. The normalized spacial score (nSPS) is 15.1. The monoisotopic (exact) mass is 377 g/mol. The molecule has 1 saturated heterocycles. The molecule has 1 aliphatic rings. The number of thiophene rings is 1. The Bertz CT molecular complexity index is 894. The number of fused-ring (bicyclic) bond motifs is 1. The summed E-state index contributed by atoms with van der Waals surface area (Å²) >= 11 is 1.67. The molecule has 0 unspecified atom stereocenters. The molecule has 0 atom stereocenters. The Labute approximate surface area is 153 Å². The van der Waals surface area contributed by atoms with Crippen molar-refractivity contribution >= 4 is 33.2 Å². The maximum atomic E-state index is 12.2. The van der Waals surface area contributed by atoms with Crippen LogP contribution in [-0.2, 0) is 0 Å². The number of pyridine rings is 1. The van der Waals surface area contributed by atoms with Crippen LogP contribution >= 0.6 is 11.3 Å². The van der Waals surface area contributed by atoms with E-state index in [-0.39, 0.29) is 5.75 Å². The van der Waals surface area contributed by atoms with E-state index in [1.807, 2.05) is 0 Å². The summed E-state index contributed by atoms with van der Waals surface area (Å²) in [5.74, 6) is 1.79. The summed E-state index contributed by atoms with van der Waals surface area (Å²) < 4.78 is 28.8. The molecule has 1 aliphatic heterocycles. The molecule has 3 aromatic rings. The number of nitrogens with zero attached hydrogens (tertiary/aromatic N) is 5. The number of aryl methyl sites for hydroxylation is 1. The lowest BCUT2D eigenvalue weighted by atomic mass is 10.2. The summed E-state index contributed by atoms with van der Waals surface area (Å²) in [6.07, 6.45) is 2.94. The Morgan fingerprint density at radius 2 is 1.85 bits per heavy atom. The standard InChI is InChI=1S/C17H17F2N5OS/c1-11-8-13-15(21-10-22-16(13)26-11)24-6-4-23(5-7-24)14-3-2-12(9-20-14)25-17(18)19/h2-3,8-10,17H,4-7H2,1H3. The number of hydrogen-bond acceptors (Lipinski definition) is 7. The topological polar surface area (TPSA) is 54.4 Å². The van der Waals surface area contributed by atoms with Crippen LogP contribution in [-0.4, -0.2) is 47.7 Å². The van der Waals surface area contributed by atoms with Gasteiger partial charge in [0.15, 0.2) is 0 Å². The van der Waals surface area contributed by atoms with Crippen molar-refractivity contribution in [2.45, 2.75) is 13.5 Å². The van der Waals surface area contributed by atoms with Gasteiger partial charge in [-0.05, 0) is 25.1 Å². The van der Waals surface area contributed by atoms with Crippen LogP contribution in [0.1, 0.15) is 4.88 Å².